The van der Waals surface area contributed by atoms with E-state index >= 15 is 0 Å². The molecule has 0 unspecified atom stereocenters. The average molecular weight is 576 g/mol. The van der Waals surface area contributed by atoms with E-state index in [1.54, 1.807) is 24.3 Å². The number of nitrogen functional groups attached to an aromatic ring is 1. The minimum absolute atomic E-state index is 0.0369. The molecular formula is C29H29N5O6S. The number of aromatic amines is 1. The topological polar surface area (TPSA) is 148 Å². The van der Waals surface area contributed by atoms with Crippen LogP contribution in [0.3, 0.4) is 0 Å². The van der Waals surface area contributed by atoms with Crippen LogP contribution in [0.2, 0.25) is 0 Å². The van der Waals surface area contributed by atoms with Gasteiger partial charge in [0, 0.05) is 18.7 Å². The molecule has 1 fully saturated rings. The summed E-state index contributed by atoms with van der Waals surface area (Å²) in [5, 5.41) is 0. The first-order valence-corrected chi connectivity index (χ1v) is 14.4. The van der Waals surface area contributed by atoms with Gasteiger partial charge in [0.2, 0.25) is 10.0 Å². The van der Waals surface area contributed by atoms with E-state index in [4.69, 9.17) is 10.5 Å². The van der Waals surface area contributed by atoms with Gasteiger partial charge < -0.3 is 10.5 Å². The van der Waals surface area contributed by atoms with Crippen LogP contribution in [-0.2, 0) is 27.8 Å². The number of benzene rings is 3. The summed E-state index contributed by atoms with van der Waals surface area (Å²) < 4.78 is 34.4. The Labute approximate surface area is 236 Å². The van der Waals surface area contributed by atoms with Gasteiger partial charge in [-0.05, 0) is 29.3 Å². The normalized spacial score (nSPS) is 14.0. The number of ether oxygens (including phenoxy) is 1. The van der Waals surface area contributed by atoms with Gasteiger partial charge >= 0.3 is 5.69 Å². The highest BCUT2D eigenvalue weighted by Gasteiger charge is 2.29. The number of amides is 1. The summed E-state index contributed by atoms with van der Waals surface area (Å²) in [7, 11) is -3.89. The zero-order valence-corrected chi connectivity index (χ0v) is 22.9. The second kappa shape index (κ2) is 11.9. The van der Waals surface area contributed by atoms with Crippen LogP contribution in [0, 0.1) is 0 Å². The molecule has 1 amide bonds. The van der Waals surface area contributed by atoms with Gasteiger partial charge in [-0.1, -0.05) is 66.7 Å². The van der Waals surface area contributed by atoms with Crippen molar-refractivity contribution in [3.63, 3.8) is 0 Å². The van der Waals surface area contributed by atoms with Gasteiger partial charge in [-0.15, -0.1) is 0 Å². The number of rotatable bonds is 8. The summed E-state index contributed by atoms with van der Waals surface area (Å²) in [6, 6.07) is 23.7. The molecule has 3 aromatic carbocycles. The molecule has 0 aliphatic carbocycles. The summed E-state index contributed by atoms with van der Waals surface area (Å²) in [4.78, 5) is 43.5. The number of carbonyl (C=O) groups excluding carboxylic acids is 1. The third kappa shape index (κ3) is 5.99. The second-order valence-electron chi connectivity index (χ2n) is 9.49. The van der Waals surface area contributed by atoms with E-state index in [1.807, 2.05) is 36.4 Å². The first-order chi connectivity index (χ1) is 19.8. The molecule has 2 heterocycles. The molecule has 0 atom stereocenters. The standard InChI is InChI=1S/C29H29N5O6S/c30-26-25(27(35)31-29(37)34(26)20-22-10-5-2-6-11-22)33(19-21-8-3-1-4-9-21)28(36)23-12-7-13-24(18-23)41(38,39)32-14-16-40-17-15-32/h1-13,18H,14-17,19-20,30H2,(H,31,35,37). The van der Waals surface area contributed by atoms with Crippen molar-refractivity contribution in [3.05, 3.63) is 122 Å². The molecule has 0 bridgehead atoms. The molecule has 1 aliphatic rings. The van der Waals surface area contributed by atoms with Gasteiger partial charge in [0.15, 0.2) is 5.69 Å². The zero-order chi connectivity index (χ0) is 29.0. The molecule has 0 spiro atoms. The van der Waals surface area contributed by atoms with Crippen LogP contribution in [0.1, 0.15) is 21.5 Å². The lowest BCUT2D eigenvalue weighted by atomic mass is 10.1. The van der Waals surface area contributed by atoms with Crippen molar-refractivity contribution in [2.24, 2.45) is 0 Å². The minimum atomic E-state index is -3.89. The fourth-order valence-corrected chi connectivity index (χ4v) is 6.12. The predicted molar refractivity (Wildman–Crippen MR) is 154 cm³/mol. The second-order valence-corrected chi connectivity index (χ2v) is 11.4. The number of morpholine rings is 1. The van der Waals surface area contributed by atoms with Gasteiger partial charge in [-0.2, -0.15) is 4.31 Å². The van der Waals surface area contributed by atoms with E-state index in [-0.39, 0.29) is 61.4 Å². The first kappa shape index (κ1) is 28.0. The monoisotopic (exact) mass is 575 g/mol. The molecule has 0 radical (unpaired) electrons. The molecule has 0 saturated carbocycles. The highest BCUT2D eigenvalue weighted by molar-refractivity contribution is 7.89. The number of nitrogens with zero attached hydrogens (tertiary/aromatic N) is 3. The quantitative estimate of drug-likeness (QED) is 0.327. The van der Waals surface area contributed by atoms with Gasteiger partial charge in [0.25, 0.3) is 11.5 Å². The molecular weight excluding hydrogens is 546 g/mol. The Morgan fingerprint density at radius 2 is 1.54 bits per heavy atom. The van der Waals surface area contributed by atoms with E-state index in [2.05, 4.69) is 4.98 Å². The minimum Gasteiger partial charge on any atom is -0.383 e. The Morgan fingerprint density at radius 3 is 2.20 bits per heavy atom. The number of anilines is 2. The summed E-state index contributed by atoms with van der Waals surface area (Å²) in [6.45, 7) is 0.977. The molecule has 41 heavy (non-hydrogen) atoms. The Hall–Kier alpha value is -4.52. The van der Waals surface area contributed by atoms with Crippen molar-refractivity contribution in [2.75, 3.05) is 36.9 Å². The number of nitrogens with two attached hydrogens (primary N) is 1. The van der Waals surface area contributed by atoms with E-state index in [1.165, 1.54) is 38.0 Å². The van der Waals surface area contributed by atoms with Crippen LogP contribution in [0.15, 0.2) is 99.4 Å². The fourth-order valence-electron chi connectivity index (χ4n) is 4.66. The van der Waals surface area contributed by atoms with Gasteiger partial charge in [-0.25, -0.2) is 13.2 Å². The highest BCUT2D eigenvalue weighted by atomic mass is 32.2. The number of hydrogen-bond donors (Lipinski definition) is 2. The lowest BCUT2D eigenvalue weighted by Crippen LogP contribution is -2.41. The maximum Gasteiger partial charge on any atom is 0.330 e. The van der Waals surface area contributed by atoms with Gasteiger partial charge in [0.1, 0.15) is 5.82 Å². The molecule has 11 nitrogen and oxygen atoms in total. The number of aromatic nitrogens is 2. The number of hydrogen-bond acceptors (Lipinski definition) is 7. The number of carbonyl (C=O) groups is 1. The van der Waals surface area contributed by atoms with E-state index in [9.17, 15) is 22.8 Å². The predicted octanol–water partition coefficient (Wildman–Crippen LogP) is 2.04. The first-order valence-electron chi connectivity index (χ1n) is 13.0. The Morgan fingerprint density at radius 1 is 0.902 bits per heavy atom. The SMILES string of the molecule is Nc1c(N(Cc2ccccc2)C(=O)c2cccc(S(=O)(=O)N3CCOCC3)c2)c(=O)[nH]c(=O)n1Cc1ccccc1. The average Bonchev–Trinajstić information content (AvgIpc) is 3.00. The van der Waals surface area contributed by atoms with Crippen molar-refractivity contribution >= 4 is 27.4 Å². The van der Waals surface area contributed by atoms with Crippen molar-refractivity contribution in [1.29, 1.82) is 0 Å². The molecule has 212 valence electrons. The molecule has 1 aliphatic heterocycles. The Bertz CT molecular complexity index is 1770. The molecule has 1 aromatic heterocycles. The maximum atomic E-state index is 14.1. The third-order valence-electron chi connectivity index (χ3n) is 6.79. The van der Waals surface area contributed by atoms with Crippen molar-refractivity contribution in [1.82, 2.24) is 13.9 Å². The van der Waals surface area contributed by atoms with E-state index < -0.39 is 27.2 Å². The smallest absolute Gasteiger partial charge is 0.330 e. The summed E-state index contributed by atoms with van der Waals surface area (Å²) in [5.74, 6) is -0.848. The van der Waals surface area contributed by atoms with E-state index in [0.717, 1.165) is 5.56 Å². The zero-order valence-electron chi connectivity index (χ0n) is 22.1. The Kier molecular flexibility index (Phi) is 8.15. The van der Waals surface area contributed by atoms with Crippen LogP contribution in [0.4, 0.5) is 11.5 Å². The van der Waals surface area contributed by atoms with Crippen LogP contribution in [0.25, 0.3) is 0 Å². The lowest BCUT2D eigenvalue weighted by Gasteiger charge is -2.27. The highest BCUT2D eigenvalue weighted by Crippen LogP contribution is 2.25. The maximum absolute atomic E-state index is 14.1. The largest absolute Gasteiger partial charge is 0.383 e. The van der Waals surface area contributed by atoms with Gasteiger partial charge in [0.05, 0.1) is 31.2 Å². The van der Waals surface area contributed by atoms with Gasteiger partial charge in [-0.3, -0.25) is 24.0 Å². The van der Waals surface area contributed by atoms with Crippen LogP contribution >= 0.6 is 0 Å². The van der Waals surface area contributed by atoms with E-state index in [0.29, 0.717) is 5.56 Å². The number of nitrogens with one attached hydrogen (secondary N) is 1. The molecule has 5 rings (SSSR count). The lowest BCUT2D eigenvalue weighted by molar-refractivity contribution is 0.0730. The molecule has 3 N–H and O–H groups in total. The summed E-state index contributed by atoms with van der Waals surface area (Å²) in [5.41, 5.74) is 6.16. The summed E-state index contributed by atoms with van der Waals surface area (Å²) >= 11 is 0. The Balaban J connectivity index is 1.59. The van der Waals surface area contributed by atoms with Crippen LogP contribution < -0.4 is 21.9 Å². The molecule has 1 saturated heterocycles. The number of sulfonamides is 1. The summed E-state index contributed by atoms with van der Waals surface area (Å²) in [6.07, 6.45) is 0. The molecule has 4 aromatic rings. The van der Waals surface area contributed by atoms with Crippen LogP contribution in [-0.4, -0.2) is 54.5 Å². The van der Waals surface area contributed by atoms with Crippen molar-refractivity contribution in [3.8, 4) is 0 Å². The van der Waals surface area contributed by atoms with Crippen molar-refractivity contribution in [2.45, 2.75) is 18.0 Å². The van der Waals surface area contributed by atoms with Crippen LogP contribution in [0.5, 0.6) is 0 Å². The third-order valence-corrected chi connectivity index (χ3v) is 8.68. The fraction of sp³-hybridized carbons (Fsp3) is 0.207. The van der Waals surface area contributed by atoms with Crippen molar-refractivity contribution < 1.29 is 17.9 Å². The number of H-pyrrole nitrogens is 1. The molecule has 12 heteroatoms.